The van der Waals surface area contributed by atoms with Gasteiger partial charge in [0.15, 0.2) is 18.1 Å². The molecule has 0 bridgehead atoms. The van der Waals surface area contributed by atoms with E-state index in [2.05, 4.69) is 26.6 Å². The Morgan fingerprint density at radius 3 is 2.62 bits per heavy atom. The molecule has 48 heavy (non-hydrogen) atoms. The number of rotatable bonds is 10. The van der Waals surface area contributed by atoms with E-state index in [1.165, 1.54) is 11.8 Å². The van der Waals surface area contributed by atoms with E-state index in [0.717, 1.165) is 43.5 Å². The fourth-order valence-corrected chi connectivity index (χ4v) is 7.57. The van der Waals surface area contributed by atoms with Crippen molar-refractivity contribution in [3.8, 4) is 11.5 Å². The van der Waals surface area contributed by atoms with Gasteiger partial charge in [0.2, 0.25) is 11.1 Å². The Balaban J connectivity index is 1.34. The number of hydrogen-bond acceptors (Lipinski definition) is 8. The number of aromatic nitrogens is 3. The molecule has 0 aliphatic carbocycles. The van der Waals surface area contributed by atoms with E-state index in [1.807, 2.05) is 79.4 Å². The minimum atomic E-state index is -0.678. The number of likely N-dealkylation sites (tertiary alicyclic amines) is 1. The summed E-state index contributed by atoms with van der Waals surface area (Å²) in [7, 11) is 1.55. The van der Waals surface area contributed by atoms with Crippen LogP contribution in [0, 0.1) is 6.92 Å². The SMILES string of the molecule is COc1cc(C2C(C(=O)Nc3cccc(C)c3)=C(C)Nc3nc(SCc4ccccc4Cl)nn32)cc(Br)c1OCC(=O)N1CCCCC1. The van der Waals surface area contributed by atoms with Crippen LogP contribution in [0.2, 0.25) is 5.02 Å². The molecule has 6 rings (SSSR count). The maximum absolute atomic E-state index is 14.1. The highest BCUT2D eigenvalue weighted by Crippen LogP contribution is 2.43. The molecule has 1 aromatic heterocycles. The van der Waals surface area contributed by atoms with E-state index in [9.17, 15) is 9.59 Å². The van der Waals surface area contributed by atoms with Gasteiger partial charge in [0.1, 0.15) is 6.04 Å². The normalized spacial score (nSPS) is 15.9. The molecule has 3 aromatic carbocycles. The molecule has 1 fully saturated rings. The number of fused-ring (bicyclic) bond motifs is 1. The summed E-state index contributed by atoms with van der Waals surface area (Å²) in [6.45, 7) is 5.20. The number of benzene rings is 3. The van der Waals surface area contributed by atoms with Crippen molar-refractivity contribution in [1.29, 1.82) is 0 Å². The van der Waals surface area contributed by atoms with Gasteiger partial charge in [-0.3, -0.25) is 9.59 Å². The van der Waals surface area contributed by atoms with Crippen molar-refractivity contribution in [2.45, 2.75) is 50.1 Å². The van der Waals surface area contributed by atoms with Crippen molar-refractivity contribution in [3.05, 3.63) is 98.1 Å². The number of thioether (sulfide) groups is 1. The third-order valence-electron chi connectivity index (χ3n) is 8.28. The van der Waals surface area contributed by atoms with Gasteiger partial charge >= 0.3 is 0 Å². The lowest BCUT2D eigenvalue weighted by molar-refractivity contribution is -0.134. The highest BCUT2D eigenvalue weighted by atomic mass is 79.9. The molecule has 1 saturated heterocycles. The second kappa shape index (κ2) is 15.0. The van der Waals surface area contributed by atoms with Gasteiger partial charge in [-0.1, -0.05) is 53.7 Å². The largest absolute Gasteiger partial charge is 0.493 e. The average molecular weight is 752 g/mol. The summed E-state index contributed by atoms with van der Waals surface area (Å²) in [6.07, 6.45) is 3.14. The number of hydrogen-bond donors (Lipinski definition) is 2. The number of carbonyl (C=O) groups excluding carboxylic acids is 2. The van der Waals surface area contributed by atoms with Crippen molar-refractivity contribution in [1.82, 2.24) is 19.7 Å². The average Bonchev–Trinajstić information content (AvgIpc) is 3.48. The number of halogens is 2. The molecule has 2 aliphatic heterocycles. The Kier molecular flexibility index (Phi) is 10.6. The first-order valence-corrected chi connectivity index (χ1v) is 17.8. The summed E-state index contributed by atoms with van der Waals surface area (Å²) in [4.78, 5) is 33.6. The summed E-state index contributed by atoms with van der Waals surface area (Å²) in [5.74, 6) is 1.53. The maximum atomic E-state index is 14.1. The Morgan fingerprint density at radius 2 is 1.88 bits per heavy atom. The number of allylic oxidation sites excluding steroid dienone is 1. The minimum Gasteiger partial charge on any atom is -0.493 e. The summed E-state index contributed by atoms with van der Waals surface area (Å²) in [5.41, 5.74) is 4.48. The number of methoxy groups -OCH3 is 1. The number of ether oxygens (including phenoxy) is 2. The fraction of sp³-hybridized carbons (Fsp3) is 0.314. The molecule has 0 radical (unpaired) electrons. The molecule has 0 saturated carbocycles. The van der Waals surface area contributed by atoms with Crippen LogP contribution in [0.5, 0.6) is 11.5 Å². The van der Waals surface area contributed by atoms with Gasteiger partial charge in [-0.2, -0.15) is 4.98 Å². The lowest BCUT2D eigenvalue weighted by Crippen LogP contribution is -2.38. The highest BCUT2D eigenvalue weighted by Gasteiger charge is 2.36. The van der Waals surface area contributed by atoms with Gasteiger partial charge in [-0.15, -0.1) is 5.10 Å². The molecule has 2 amide bonds. The predicted molar refractivity (Wildman–Crippen MR) is 192 cm³/mol. The van der Waals surface area contributed by atoms with Gasteiger partial charge in [0.25, 0.3) is 11.8 Å². The molecule has 2 N–H and O–H groups in total. The zero-order chi connectivity index (χ0) is 33.8. The molecule has 4 aromatic rings. The molecule has 10 nitrogen and oxygen atoms in total. The summed E-state index contributed by atoms with van der Waals surface area (Å²) in [5, 5.41) is 12.4. The predicted octanol–water partition coefficient (Wildman–Crippen LogP) is 7.62. The van der Waals surface area contributed by atoms with Gasteiger partial charge in [0, 0.05) is 35.2 Å². The van der Waals surface area contributed by atoms with Crippen LogP contribution in [-0.2, 0) is 15.3 Å². The van der Waals surface area contributed by atoms with E-state index < -0.39 is 6.04 Å². The Hall–Kier alpha value is -4.00. The van der Waals surface area contributed by atoms with Crippen molar-refractivity contribution in [2.24, 2.45) is 0 Å². The van der Waals surface area contributed by atoms with Crippen molar-refractivity contribution >= 4 is 62.7 Å². The number of carbonyl (C=O) groups is 2. The quantitative estimate of drug-likeness (QED) is 0.159. The number of piperidine rings is 1. The highest BCUT2D eigenvalue weighted by molar-refractivity contribution is 9.10. The van der Waals surface area contributed by atoms with Crippen LogP contribution in [-0.4, -0.2) is 58.3 Å². The molecule has 1 unspecified atom stereocenters. The van der Waals surface area contributed by atoms with Crippen LogP contribution >= 0.6 is 39.3 Å². The molecular weight excluding hydrogens is 716 g/mol. The Morgan fingerprint density at radius 1 is 1.08 bits per heavy atom. The first-order chi connectivity index (χ1) is 23.2. The van der Waals surface area contributed by atoms with Crippen LogP contribution in [0.1, 0.15) is 48.9 Å². The van der Waals surface area contributed by atoms with Gasteiger partial charge in [-0.05, 0) is 96.1 Å². The number of aryl methyl sites for hydroxylation is 1. The number of anilines is 2. The van der Waals surface area contributed by atoms with Gasteiger partial charge < -0.3 is 25.0 Å². The molecule has 13 heteroatoms. The van der Waals surface area contributed by atoms with Crippen LogP contribution in [0.4, 0.5) is 11.6 Å². The summed E-state index contributed by atoms with van der Waals surface area (Å²) < 4.78 is 14.1. The zero-order valence-corrected chi connectivity index (χ0v) is 30.0. The van der Waals surface area contributed by atoms with Crippen LogP contribution in [0.3, 0.4) is 0 Å². The van der Waals surface area contributed by atoms with Crippen molar-refractivity contribution < 1.29 is 19.1 Å². The van der Waals surface area contributed by atoms with Gasteiger partial charge in [-0.25, -0.2) is 4.68 Å². The topological polar surface area (TPSA) is 111 Å². The number of amides is 2. The zero-order valence-electron chi connectivity index (χ0n) is 26.9. The maximum Gasteiger partial charge on any atom is 0.260 e. The molecule has 1 atom stereocenters. The van der Waals surface area contributed by atoms with E-state index in [0.29, 0.717) is 60.4 Å². The molecule has 250 valence electrons. The van der Waals surface area contributed by atoms with E-state index in [4.69, 9.17) is 31.2 Å². The van der Waals surface area contributed by atoms with Crippen LogP contribution in [0.15, 0.2) is 81.6 Å². The first-order valence-electron chi connectivity index (χ1n) is 15.7. The molecular formula is C35H36BrClN6O4S. The molecule has 3 heterocycles. The second-order valence-electron chi connectivity index (χ2n) is 11.7. The number of nitrogens with one attached hydrogen (secondary N) is 2. The molecule has 0 spiro atoms. The van der Waals surface area contributed by atoms with E-state index in [1.54, 1.807) is 11.8 Å². The lowest BCUT2D eigenvalue weighted by atomic mass is 9.94. The summed E-state index contributed by atoms with van der Waals surface area (Å²) in [6, 6.07) is 18.3. The Bertz CT molecular complexity index is 1880. The monoisotopic (exact) mass is 750 g/mol. The Labute approximate surface area is 297 Å². The second-order valence-corrected chi connectivity index (χ2v) is 13.9. The third kappa shape index (κ3) is 7.50. The molecule has 2 aliphatic rings. The summed E-state index contributed by atoms with van der Waals surface area (Å²) >= 11 is 11.5. The van der Waals surface area contributed by atoms with Crippen molar-refractivity contribution in [3.63, 3.8) is 0 Å². The minimum absolute atomic E-state index is 0.0613. The third-order valence-corrected chi connectivity index (χ3v) is 10.1. The smallest absolute Gasteiger partial charge is 0.260 e. The van der Waals surface area contributed by atoms with Gasteiger partial charge in [0.05, 0.1) is 17.2 Å². The van der Waals surface area contributed by atoms with Crippen LogP contribution < -0.4 is 20.1 Å². The van der Waals surface area contributed by atoms with Crippen LogP contribution in [0.25, 0.3) is 0 Å². The first kappa shape index (κ1) is 33.9. The standard InChI is InChI=1S/C35H36BrClN6O4S/c1-21-10-9-12-25(16-21)39-33(45)30-22(2)38-34-40-35(48-20-23-11-5-6-13-27(23)37)41-43(34)31(30)24-17-26(36)32(28(18-24)46-3)47-19-29(44)42-14-7-4-8-15-42/h5-6,9-13,16-18,31H,4,7-8,14-15,19-20H2,1-3H3,(H,39,45)(H,38,40,41). The lowest BCUT2D eigenvalue weighted by Gasteiger charge is -2.29. The fourth-order valence-electron chi connectivity index (χ4n) is 5.88. The number of nitrogens with zero attached hydrogens (tertiary/aromatic N) is 4. The van der Waals surface area contributed by atoms with E-state index in [-0.39, 0.29) is 18.4 Å². The van der Waals surface area contributed by atoms with Crippen molar-refractivity contribution in [2.75, 3.05) is 37.4 Å². The van der Waals surface area contributed by atoms with E-state index >= 15 is 0 Å².